The van der Waals surface area contributed by atoms with E-state index in [4.69, 9.17) is 5.48 Å². The summed E-state index contributed by atoms with van der Waals surface area (Å²) in [5.74, 6) is 1.56. The first-order chi connectivity index (χ1) is 31.5. The van der Waals surface area contributed by atoms with E-state index in [9.17, 15) is 9.90 Å². The number of hydrogen-bond donors (Lipinski definition) is 1. The minimum Gasteiger partial charge on any atom is -0.512 e. The van der Waals surface area contributed by atoms with Gasteiger partial charge in [0.1, 0.15) is 5.76 Å². The summed E-state index contributed by atoms with van der Waals surface area (Å²) in [5.41, 5.74) is 10.1. The first-order valence-corrected chi connectivity index (χ1v) is 23.3. The van der Waals surface area contributed by atoms with E-state index in [2.05, 4.69) is 96.6 Å². The number of hydrogen-bond acceptors (Lipinski definition) is 4. The van der Waals surface area contributed by atoms with Crippen molar-refractivity contribution in [2.24, 2.45) is 11.3 Å². The minimum absolute atomic E-state index is 0. The predicted octanol–water partition coefficient (Wildman–Crippen LogP) is 16.2. The molecule has 63 heavy (non-hydrogen) atoms. The molecular weight excluding hydrogens is 949 g/mol. The zero-order chi connectivity index (χ0) is 47.9. The molecule has 0 amide bonds. The van der Waals surface area contributed by atoms with E-state index in [0.29, 0.717) is 11.8 Å². The quantitative estimate of drug-likeness (QED) is 0.0798. The van der Waals surface area contributed by atoms with E-state index in [1.54, 1.807) is 0 Å². The van der Waals surface area contributed by atoms with Gasteiger partial charge in [-0.25, -0.2) is 0 Å². The fourth-order valence-electron chi connectivity index (χ4n) is 9.37. The standard InChI is InChI=1S/2C22H22N.C14H26O2.Ir/c2*1-15-11-16(2)13-20(12-15)22-21-8-7-18(17-5-3-4-6-17)14-19(21)9-10-23-22;1-6-11(7-2)12(15)10-13(16)14(5,8-3)9-4;/h2*7-12,14,17H,3-6H2,1-2H3;10-11,16H,6-9H2,1-5H3;/q2*-1;;/b;;13-10-;/i2*9D,10D;;. The maximum atomic E-state index is 11.9. The fraction of sp³-hybridized carbons (Fsp3) is 0.431. The molecule has 6 aromatic rings. The summed E-state index contributed by atoms with van der Waals surface area (Å²) in [7, 11) is 0. The molecule has 0 bridgehead atoms. The Morgan fingerprint density at radius 3 is 1.49 bits per heavy atom. The number of aliphatic hydroxyl groups is 1. The second kappa shape index (κ2) is 23.0. The van der Waals surface area contributed by atoms with Gasteiger partial charge in [0.15, 0.2) is 5.78 Å². The van der Waals surface area contributed by atoms with Gasteiger partial charge in [0.25, 0.3) is 0 Å². The number of rotatable bonds is 11. The molecule has 4 aromatic carbocycles. The number of aryl methyl sites for hydroxylation is 4. The molecule has 0 atom stereocenters. The summed E-state index contributed by atoms with van der Waals surface area (Å²) in [6.07, 6.45) is 15.0. The van der Waals surface area contributed by atoms with Crippen LogP contribution in [0.5, 0.6) is 0 Å². The number of fused-ring (bicyclic) bond motifs is 2. The van der Waals surface area contributed by atoms with Gasteiger partial charge < -0.3 is 15.1 Å². The van der Waals surface area contributed by atoms with E-state index >= 15 is 0 Å². The number of benzene rings is 4. The normalized spacial score (nSPS) is 15.5. The maximum absolute atomic E-state index is 11.9. The molecule has 0 aliphatic heterocycles. The summed E-state index contributed by atoms with van der Waals surface area (Å²) >= 11 is 0. The van der Waals surface area contributed by atoms with Crippen LogP contribution < -0.4 is 0 Å². The number of aromatic nitrogens is 2. The fourth-order valence-corrected chi connectivity index (χ4v) is 9.37. The monoisotopic (exact) mass is 1020 g/mol. The Morgan fingerprint density at radius 1 is 0.714 bits per heavy atom. The van der Waals surface area contributed by atoms with Crippen LogP contribution in [-0.2, 0) is 24.9 Å². The van der Waals surface area contributed by atoms with Crippen LogP contribution in [0.4, 0.5) is 0 Å². The minimum atomic E-state index is -0.248. The number of aliphatic hydroxyl groups excluding tert-OH is 1. The van der Waals surface area contributed by atoms with Crippen LogP contribution in [0.15, 0.2) is 96.9 Å². The molecule has 8 rings (SSSR count). The Hall–Kier alpha value is -4.44. The van der Waals surface area contributed by atoms with E-state index in [1.807, 2.05) is 48.5 Å². The Bertz CT molecular complexity index is 2510. The topological polar surface area (TPSA) is 63.1 Å². The number of allylic oxidation sites excluding steroid dienone is 2. The molecule has 2 fully saturated rings. The average Bonchev–Trinajstić information content (AvgIpc) is 4.05. The van der Waals surface area contributed by atoms with Gasteiger partial charge in [0, 0.05) is 49.9 Å². The predicted molar refractivity (Wildman–Crippen MR) is 262 cm³/mol. The number of nitrogens with zero attached hydrogens (tertiary/aromatic N) is 2. The second-order valence-corrected chi connectivity index (χ2v) is 18.2. The third-order valence-corrected chi connectivity index (χ3v) is 13.6. The van der Waals surface area contributed by atoms with Crippen LogP contribution in [-0.4, -0.2) is 20.9 Å². The Morgan fingerprint density at radius 2 is 1.13 bits per heavy atom. The van der Waals surface area contributed by atoms with Gasteiger partial charge in [-0.3, -0.25) is 4.79 Å². The first-order valence-electron chi connectivity index (χ1n) is 25.3. The van der Waals surface area contributed by atoms with Gasteiger partial charge >= 0.3 is 0 Å². The van der Waals surface area contributed by atoms with Crippen molar-refractivity contribution in [2.45, 2.75) is 151 Å². The zero-order valence-electron chi connectivity index (χ0n) is 43.2. The van der Waals surface area contributed by atoms with Gasteiger partial charge in [0.05, 0.1) is 5.48 Å². The Balaban J connectivity index is 0.000000193. The molecular formula is C58H70IrN2O2-2. The average molecular weight is 1020 g/mol. The van der Waals surface area contributed by atoms with Gasteiger partial charge in [0.2, 0.25) is 0 Å². The largest absolute Gasteiger partial charge is 0.512 e. The number of carbonyl (C=O) groups excluding carboxylic acids is 1. The van der Waals surface area contributed by atoms with Crippen LogP contribution >= 0.6 is 0 Å². The van der Waals surface area contributed by atoms with Gasteiger partial charge in [-0.05, 0) is 119 Å². The molecule has 1 N–H and O–H groups in total. The van der Waals surface area contributed by atoms with Crippen molar-refractivity contribution in [1.29, 1.82) is 0 Å². The Kier molecular flexibility index (Phi) is 16.0. The van der Waals surface area contributed by atoms with Crippen molar-refractivity contribution >= 4 is 27.3 Å². The van der Waals surface area contributed by atoms with Crippen molar-refractivity contribution in [3.05, 3.63) is 142 Å². The number of ketones is 1. The molecule has 2 aromatic heterocycles. The number of carbonyl (C=O) groups is 1. The molecule has 5 heteroatoms. The van der Waals surface area contributed by atoms with Crippen molar-refractivity contribution in [2.75, 3.05) is 0 Å². The van der Waals surface area contributed by atoms with E-state index in [-0.39, 0.29) is 67.4 Å². The summed E-state index contributed by atoms with van der Waals surface area (Å²) in [4.78, 5) is 20.7. The third kappa shape index (κ3) is 12.4. The molecule has 0 spiro atoms. The zero-order valence-corrected chi connectivity index (χ0v) is 41.5. The molecule has 4 nitrogen and oxygen atoms in total. The van der Waals surface area contributed by atoms with Crippen LogP contribution in [0, 0.1) is 51.2 Å². The molecule has 2 aliphatic carbocycles. The number of pyridine rings is 2. The molecule has 2 heterocycles. The van der Waals surface area contributed by atoms with Crippen LogP contribution in [0.3, 0.4) is 0 Å². The van der Waals surface area contributed by atoms with Crippen molar-refractivity contribution < 1.29 is 35.5 Å². The van der Waals surface area contributed by atoms with Crippen molar-refractivity contribution in [3.8, 4) is 22.5 Å². The van der Waals surface area contributed by atoms with E-state index < -0.39 is 0 Å². The third-order valence-electron chi connectivity index (χ3n) is 13.6. The van der Waals surface area contributed by atoms with Gasteiger partial charge in [-0.1, -0.05) is 124 Å². The summed E-state index contributed by atoms with van der Waals surface area (Å²) in [6, 6.07) is 28.3. The van der Waals surface area contributed by atoms with Crippen molar-refractivity contribution in [3.63, 3.8) is 0 Å². The first kappa shape index (κ1) is 43.8. The second-order valence-electron chi connectivity index (χ2n) is 18.2. The van der Waals surface area contributed by atoms with E-state index in [0.717, 1.165) is 92.0 Å². The smallest absolute Gasteiger partial charge is 0.162 e. The van der Waals surface area contributed by atoms with Crippen LogP contribution in [0.1, 0.15) is 162 Å². The van der Waals surface area contributed by atoms with Crippen molar-refractivity contribution in [1.82, 2.24) is 9.97 Å². The molecule has 335 valence electrons. The summed E-state index contributed by atoms with van der Waals surface area (Å²) in [5, 5.41) is 13.6. The molecule has 2 saturated carbocycles. The van der Waals surface area contributed by atoms with Gasteiger partial charge in [-0.15, -0.1) is 69.8 Å². The maximum Gasteiger partial charge on any atom is 0.162 e. The van der Waals surface area contributed by atoms with Gasteiger partial charge in [-0.2, -0.15) is 0 Å². The molecule has 2 aliphatic rings. The Labute approximate surface area is 398 Å². The SMILES string of the molecule is CCC(CC)C(=O)/C=C(\O)C(C)(CC)CC.[2H]c1nc(-c2[c-]c(C)cc(C)c2)c2ccc(C3CCCC3)cc2c1[2H].[2H]c1nc(-c2[c-]c(C)cc(C)c2)c2ccc(C3CCCC3)cc2c1[2H].[Ir]. The molecule has 1 radical (unpaired) electrons. The summed E-state index contributed by atoms with van der Waals surface area (Å²) in [6.45, 7) is 18.3. The summed E-state index contributed by atoms with van der Waals surface area (Å²) < 4.78 is 33.0. The molecule has 0 saturated heterocycles. The molecule has 0 unspecified atom stereocenters. The van der Waals surface area contributed by atoms with E-state index in [1.165, 1.54) is 68.6 Å². The van der Waals surface area contributed by atoms with Crippen LogP contribution in [0.2, 0.25) is 0 Å². The van der Waals surface area contributed by atoms with Crippen LogP contribution in [0.25, 0.3) is 44.1 Å².